The second-order valence-corrected chi connectivity index (χ2v) is 4.55. The van der Waals surface area contributed by atoms with Gasteiger partial charge in [-0.15, -0.1) is 0 Å². The maximum absolute atomic E-state index is 5.64. The number of hydrazine groups is 1. The lowest BCUT2D eigenvalue weighted by Crippen LogP contribution is -2.15. The Morgan fingerprint density at radius 2 is 2.00 bits per heavy atom. The summed E-state index contributed by atoms with van der Waals surface area (Å²) in [6, 6.07) is 0. The molecule has 7 heteroatoms. The van der Waals surface area contributed by atoms with Crippen molar-refractivity contribution in [2.75, 3.05) is 39.0 Å². The molecule has 20 heavy (non-hydrogen) atoms. The Labute approximate surface area is 119 Å². The second kappa shape index (κ2) is 9.46. The molecule has 0 saturated heterocycles. The van der Waals surface area contributed by atoms with E-state index < -0.39 is 0 Å². The smallest absolute Gasteiger partial charge is 0.222 e. The van der Waals surface area contributed by atoms with Crippen LogP contribution in [0.25, 0.3) is 0 Å². The first-order valence-corrected chi connectivity index (χ1v) is 6.71. The molecule has 0 saturated carbocycles. The summed E-state index contributed by atoms with van der Waals surface area (Å²) in [6.45, 7) is 6.38. The van der Waals surface area contributed by atoms with E-state index >= 15 is 0 Å². The number of ether oxygens (including phenoxy) is 3. The number of hydrogen-bond donors (Lipinski definition) is 2. The quantitative estimate of drug-likeness (QED) is 0.380. The third kappa shape index (κ3) is 5.28. The van der Waals surface area contributed by atoms with E-state index in [-0.39, 0.29) is 5.92 Å². The van der Waals surface area contributed by atoms with E-state index in [2.05, 4.69) is 15.4 Å². The first-order chi connectivity index (χ1) is 9.70. The van der Waals surface area contributed by atoms with Crippen LogP contribution in [0.5, 0.6) is 5.88 Å². The molecule has 0 aromatic carbocycles. The highest BCUT2D eigenvalue weighted by Crippen LogP contribution is 2.29. The lowest BCUT2D eigenvalue weighted by atomic mass is 10.1. The fraction of sp³-hybridized carbons (Fsp3) is 0.692. The maximum Gasteiger partial charge on any atom is 0.222 e. The van der Waals surface area contributed by atoms with Crippen molar-refractivity contribution < 1.29 is 14.2 Å². The Kier molecular flexibility index (Phi) is 7.86. The number of rotatable bonds is 10. The number of methoxy groups -OCH3 is 1. The fourth-order valence-corrected chi connectivity index (χ4v) is 1.73. The number of nitrogen functional groups attached to an aromatic ring is 1. The van der Waals surface area contributed by atoms with Crippen LogP contribution in [-0.4, -0.2) is 43.5 Å². The van der Waals surface area contributed by atoms with Crippen LogP contribution in [0, 0.1) is 0 Å². The molecular formula is C13H24N4O3. The van der Waals surface area contributed by atoms with Crippen molar-refractivity contribution >= 4 is 5.82 Å². The van der Waals surface area contributed by atoms with E-state index in [4.69, 9.17) is 20.1 Å². The van der Waals surface area contributed by atoms with Gasteiger partial charge >= 0.3 is 0 Å². The predicted molar refractivity (Wildman–Crippen MR) is 76.7 cm³/mol. The van der Waals surface area contributed by atoms with Gasteiger partial charge in [0, 0.05) is 20.3 Å². The first kappa shape index (κ1) is 16.6. The Hall–Kier alpha value is -1.44. The van der Waals surface area contributed by atoms with Gasteiger partial charge < -0.3 is 19.6 Å². The summed E-state index contributed by atoms with van der Waals surface area (Å²) < 4.78 is 16.0. The molecule has 0 amide bonds. The average molecular weight is 284 g/mol. The molecule has 0 aliphatic carbocycles. The van der Waals surface area contributed by atoms with Crippen molar-refractivity contribution in [3.05, 3.63) is 11.9 Å². The van der Waals surface area contributed by atoms with Gasteiger partial charge in [0.05, 0.1) is 12.2 Å². The Bertz CT molecular complexity index is 388. The van der Waals surface area contributed by atoms with Gasteiger partial charge in [0.2, 0.25) is 5.88 Å². The van der Waals surface area contributed by atoms with Crippen molar-refractivity contribution in [2.45, 2.75) is 26.2 Å². The monoisotopic (exact) mass is 284 g/mol. The Balaban J connectivity index is 2.43. The number of nitrogens with one attached hydrogen (secondary N) is 1. The van der Waals surface area contributed by atoms with Crippen LogP contribution in [0.1, 0.15) is 31.7 Å². The minimum atomic E-state index is 0.208. The van der Waals surface area contributed by atoms with E-state index in [1.165, 1.54) is 6.33 Å². The van der Waals surface area contributed by atoms with Crippen LogP contribution in [0.15, 0.2) is 6.33 Å². The van der Waals surface area contributed by atoms with Crippen molar-refractivity contribution in [3.63, 3.8) is 0 Å². The number of nitrogens with zero attached hydrogens (tertiary/aromatic N) is 2. The van der Waals surface area contributed by atoms with Crippen LogP contribution >= 0.6 is 0 Å². The van der Waals surface area contributed by atoms with Crippen molar-refractivity contribution in [1.29, 1.82) is 0 Å². The van der Waals surface area contributed by atoms with E-state index in [1.54, 1.807) is 7.11 Å². The molecule has 0 unspecified atom stereocenters. The lowest BCUT2D eigenvalue weighted by molar-refractivity contribution is 0.0792. The largest absolute Gasteiger partial charge is 0.475 e. The van der Waals surface area contributed by atoms with Gasteiger partial charge in [-0.05, 0) is 12.3 Å². The highest BCUT2D eigenvalue weighted by molar-refractivity contribution is 5.49. The van der Waals surface area contributed by atoms with Crippen LogP contribution < -0.4 is 16.0 Å². The van der Waals surface area contributed by atoms with E-state index in [0.29, 0.717) is 38.1 Å². The molecule has 1 aromatic heterocycles. The van der Waals surface area contributed by atoms with Crippen molar-refractivity contribution in [3.8, 4) is 5.88 Å². The zero-order chi connectivity index (χ0) is 14.8. The first-order valence-electron chi connectivity index (χ1n) is 6.71. The van der Waals surface area contributed by atoms with Gasteiger partial charge in [0.15, 0.2) is 5.82 Å². The molecule has 0 fully saturated rings. The van der Waals surface area contributed by atoms with Gasteiger partial charge in [0.1, 0.15) is 12.9 Å². The molecule has 1 heterocycles. The van der Waals surface area contributed by atoms with Gasteiger partial charge in [-0.1, -0.05) is 13.8 Å². The van der Waals surface area contributed by atoms with Gasteiger partial charge in [-0.3, -0.25) is 0 Å². The molecule has 0 bridgehead atoms. The molecule has 0 aliphatic heterocycles. The van der Waals surface area contributed by atoms with E-state index in [9.17, 15) is 0 Å². The summed E-state index contributed by atoms with van der Waals surface area (Å²) in [4.78, 5) is 8.24. The van der Waals surface area contributed by atoms with Crippen molar-refractivity contribution in [2.24, 2.45) is 5.84 Å². The third-order valence-corrected chi connectivity index (χ3v) is 2.67. The summed E-state index contributed by atoms with van der Waals surface area (Å²) >= 11 is 0. The normalized spacial score (nSPS) is 10.8. The second-order valence-electron chi connectivity index (χ2n) is 4.55. The number of anilines is 1. The Morgan fingerprint density at radius 3 is 2.65 bits per heavy atom. The average Bonchev–Trinajstić information content (AvgIpc) is 2.45. The molecule has 1 aromatic rings. The molecule has 3 N–H and O–H groups in total. The highest BCUT2D eigenvalue weighted by atomic mass is 16.5. The molecule has 0 atom stereocenters. The summed E-state index contributed by atoms with van der Waals surface area (Å²) in [5.74, 6) is 6.79. The highest BCUT2D eigenvalue weighted by Gasteiger charge is 2.15. The van der Waals surface area contributed by atoms with Crippen LogP contribution in [0.2, 0.25) is 0 Å². The van der Waals surface area contributed by atoms with E-state index in [1.807, 2.05) is 13.8 Å². The summed E-state index contributed by atoms with van der Waals surface area (Å²) in [5, 5.41) is 0. The number of hydrogen-bond acceptors (Lipinski definition) is 7. The SMILES string of the molecule is COCCCOCCOc1ncnc(NN)c1C(C)C. The lowest BCUT2D eigenvalue weighted by Gasteiger charge is -2.15. The zero-order valence-corrected chi connectivity index (χ0v) is 12.4. The number of aromatic nitrogens is 2. The van der Waals surface area contributed by atoms with Gasteiger partial charge in [0.25, 0.3) is 0 Å². The molecule has 0 aliphatic rings. The zero-order valence-electron chi connectivity index (χ0n) is 12.4. The predicted octanol–water partition coefficient (Wildman–Crippen LogP) is 1.32. The Morgan fingerprint density at radius 1 is 1.20 bits per heavy atom. The third-order valence-electron chi connectivity index (χ3n) is 2.67. The maximum atomic E-state index is 5.64. The fourth-order valence-electron chi connectivity index (χ4n) is 1.73. The minimum absolute atomic E-state index is 0.208. The van der Waals surface area contributed by atoms with Gasteiger partial charge in [-0.25, -0.2) is 15.8 Å². The van der Waals surface area contributed by atoms with Crippen molar-refractivity contribution in [1.82, 2.24) is 9.97 Å². The van der Waals surface area contributed by atoms with Gasteiger partial charge in [-0.2, -0.15) is 0 Å². The summed E-state index contributed by atoms with van der Waals surface area (Å²) in [5.41, 5.74) is 3.44. The molecule has 0 radical (unpaired) electrons. The summed E-state index contributed by atoms with van der Waals surface area (Å²) in [6.07, 6.45) is 2.30. The van der Waals surface area contributed by atoms with Crippen LogP contribution in [0.3, 0.4) is 0 Å². The summed E-state index contributed by atoms with van der Waals surface area (Å²) in [7, 11) is 1.68. The number of nitrogens with two attached hydrogens (primary N) is 1. The molecule has 0 spiro atoms. The topological polar surface area (TPSA) is 91.5 Å². The standard InChI is InChI=1S/C13H24N4O3/c1-10(2)11-12(17-14)15-9-16-13(11)20-8-7-19-6-4-5-18-3/h9-10H,4-8,14H2,1-3H3,(H,15,16,17). The molecule has 1 rings (SSSR count). The minimum Gasteiger partial charge on any atom is -0.475 e. The van der Waals surface area contributed by atoms with Crippen LogP contribution in [-0.2, 0) is 9.47 Å². The van der Waals surface area contributed by atoms with Crippen LogP contribution in [0.4, 0.5) is 5.82 Å². The molecular weight excluding hydrogens is 260 g/mol. The molecule has 114 valence electrons. The van der Waals surface area contributed by atoms with E-state index in [0.717, 1.165) is 12.0 Å². The molecule has 7 nitrogen and oxygen atoms in total.